The molecule has 1 aliphatic carbocycles. The second-order valence-corrected chi connectivity index (χ2v) is 8.53. The van der Waals surface area contributed by atoms with E-state index in [1.807, 2.05) is 0 Å². The van der Waals surface area contributed by atoms with Crippen molar-refractivity contribution in [3.63, 3.8) is 0 Å². The molecule has 2 heteroatoms. The summed E-state index contributed by atoms with van der Waals surface area (Å²) in [5, 5.41) is 1.39. The van der Waals surface area contributed by atoms with Gasteiger partial charge in [-0.25, -0.2) is 0 Å². The molecule has 5 rings (SSSR count). The summed E-state index contributed by atoms with van der Waals surface area (Å²) in [6.45, 7) is 7.37. The average Bonchev–Trinajstić information content (AvgIpc) is 3.07. The van der Waals surface area contributed by atoms with Gasteiger partial charge in [-0.2, -0.15) is 0 Å². The minimum absolute atomic E-state index is 0.344. The zero-order valence-electron chi connectivity index (χ0n) is 15.8. The van der Waals surface area contributed by atoms with Gasteiger partial charge in [-0.1, -0.05) is 56.3 Å². The van der Waals surface area contributed by atoms with Gasteiger partial charge in [-0.3, -0.25) is 4.90 Å². The van der Waals surface area contributed by atoms with Crippen molar-refractivity contribution in [1.82, 2.24) is 9.88 Å². The molecule has 1 unspecified atom stereocenters. The van der Waals surface area contributed by atoms with E-state index < -0.39 is 0 Å². The van der Waals surface area contributed by atoms with Crippen LogP contribution < -0.4 is 0 Å². The third-order valence-electron chi connectivity index (χ3n) is 7.37. The Kier molecular flexibility index (Phi) is 3.72. The van der Waals surface area contributed by atoms with Crippen LogP contribution in [0.2, 0.25) is 0 Å². The highest BCUT2D eigenvalue weighted by molar-refractivity contribution is 5.83. The predicted octanol–water partition coefficient (Wildman–Crippen LogP) is 4.93. The summed E-state index contributed by atoms with van der Waals surface area (Å²) in [4.78, 5) is 6.20. The Hall–Kier alpha value is -2.06. The number of aromatic nitrogens is 1. The number of benzene rings is 2. The van der Waals surface area contributed by atoms with Gasteiger partial charge in [0.15, 0.2) is 0 Å². The van der Waals surface area contributed by atoms with Crippen molar-refractivity contribution in [1.29, 1.82) is 0 Å². The van der Waals surface area contributed by atoms with Crippen LogP contribution >= 0.6 is 0 Å². The predicted molar refractivity (Wildman–Crippen MR) is 109 cm³/mol. The van der Waals surface area contributed by atoms with Gasteiger partial charge in [-0.05, 0) is 59.9 Å². The molecule has 3 aromatic rings. The first-order valence-corrected chi connectivity index (χ1v) is 10.0. The van der Waals surface area contributed by atoms with E-state index in [1.54, 1.807) is 11.1 Å². The van der Waals surface area contributed by atoms with Crippen molar-refractivity contribution in [3.05, 3.63) is 71.4 Å². The van der Waals surface area contributed by atoms with E-state index in [0.717, 1.165) is 13.0 Å². The molecule has 0 saturated carbocycles. The number of hydrogen-bond donors (Lipinski definition) is 1. The average molecular weight is 345 g/mol. The van der Waals surface area contributed by atoms with Crippen LogP contribution in [0.1, 0.15) is 37.0 Å². The van der Waals surface area contributed by atoms with E-state index in [2.05, 4.69) is 78.5 Å². The highest BCUT2D eigenvalue weighted by Gasteiger charge is 2.47. The van der Waals surface area contributed by atoms with E-state index >= 15 is 0 Å². The minimum Gasteiger partial charge on any atom is -0.361 e. The van der Waals surface area contributed by atoms with E-state index in [9.17, 15) is 0 Å². The van der Waals surface area contributed by atoms with Crippen molar-refractivity contribution >= 4 is 10.9 Å². The molecule has 0 spiro atoms. The fraction of sp³-hybridized carbons (Fsp3) is 0.417. The van der Waals surface area contributed by atoms with Crippen LogP contribution in [0, 0.1) is 5.92 Å². The molecule has 1 fully saturated rings. The second kappa shape index (κ2) is 5.99. The molecule has 1 saturated heterocycles. The van der Waals surface area contributed by atoms with Gasteiger partial charge in [-0.15, -0.1) is 0 Å². The molecule has 3 atom stereocenters. The van der Waals surface area contributed by atoms with E-state index in [4.69, 9.17) is 0 Å². The third-order valence-corrected chi connectivity index (χ3v) is 7.37. The van der Waals surface area contributed by atoms with Gasteiger partial charge >= 0.3 is 0 Å². The lowest BCUT2D eigenvalue weighted by molar-refractivity contribution is 0.0324. The monoisotopic (exact) mass is 344 g/mol. The normalized spacial score (nSPS) is 28.2. The van der Waals surface area contributed by atoms with Crippen LogP contribution in [-0.4, -0.2) is 29.0 Å². The minimum atomic E-state index is 0.344. The number of H-pyrrole nitrogens is 1. The molecule has 2 aromatic carbocycles. The molecule has 26 heavy (non-hydrogen) atoms. The standard InChI is InChI=1S/C24H28N2/c1-17-23-15-18-7-3-5-9-21(18)24(17,2)12-14-26(23)13-11-19-16-25-22-10-6-4-8-20(19)22/h3-10,16-17,23,25H,11-15H2,1-2H3/t17-,23?,24+/m0/s1. The first-order chi connectivity index (χ1) is 12.7. The lowest BCUT2D eigenvalue weighted by Gasteiger charge is -2.54. The summed E-state index contributed by atoms with van der Waals surface area (Å²) in [7, 11) is 0. The summed E-state index contributed by atoms with van der Waals surface area (Å²) in [6, 6.07) is 18.5. The highest BCUT2D eigenvalue weighted by Crippen LogP contribution is 2.48. The largest absolute Gasteiger partial charge is 0.361 e. The Morgan fingerprint density at radius 2 is 1.92 bits per heavy atom. The van der Waals surface area contributed by atoms with Crippen LogP contribution in [0.5, 0.6) is 0 Å². The molecule has 1 N–H and O–H groups in total. The van der Waals surface area contributed by atoms with Gasteiger partial charge in [0, 0.05) is 29.7 Å². The number of para-hydroxylation sites is 1. The molecule has 134 valence electrons. The molecule has 2 bridgehead atoms. The number of aromatic amines is 1. The maximum absolute atomic E-state index is 3.43. The number of nitrogens with zero attached hydrogens (tertiary/aromatic N) is 1. The summed E-state index contributed by atoms with van der Waals surface area (Å²) >= 11 is 0. The Bertz CT molecular complexity index is 940. The third kappa shape index (κ3) is 2.35. The molecular weight excluding hydrogens is 316 g/mol. The Morgan fingerprint density at radius 3 is 2.85 bits per heavy atom. The second-order valence-electron chi connectivity index (χ2n) is 8.53. The van der Waals surface area contributed by atoms with Crippen LogP contribution in [0.3, 0.4) is 0 Å². The topological polar surface area (TPSA) is 19.0 Å². The first-order valence-electron chi connectivity index (χ1n) is 10.0. The SMILES string of the molecule is C[C@H]1C2Cc3ccccc3[C@]1(C)CCN2CCc1c[nH]c2ccccc12. The number of piperidine rings is 1. The molecule has 0 radical (unpaired) electrons. The van der Waals surface area contributed by atoms with Crippen molar-refractivity contribution < 1.29 is 0 Å². The molecular formula is C24H28N2. The molecule has 0 amide bonds. The molecule has 2 nitrogen and oxygen atoms in total. The Balaban J connectivity index is 1.39. The zero-order chi connectivity index (χ0) is 17.7. The van der Waals surface area contributed by atoms with Crippen LogP contribution in [0.15, 0.2) is 54.7 Å². The lowest BCUT2D eigenvalue weighted by atomic mass is 9.59. The number of hydrogen-bond acceptors (Lipinski definition) is 1. The maximum atomic E-state index is 3.43. The quantitative estimate of drug-likeness (QED) is 0.713. The molecule has 2 aliphatic rings. The van der Waals surface area contributed by atoms with Crippen molar-refractivity contribution in [2.75, 3.05) is 13.1 Å². The number of likely N-dealkylation sites (tertiary alicyclic amines) is 1. The van der Waals surface area contributed by atoms with Gasteiger partial charge < -0.3 is 4.98 Å². The molecule has 1 aromatic heterocycles. The van der Waals surface area contributed by atoms with Crippen molar-refractivity contribution in [2.45, 2.75) is 44.6 Å². The molecule has 1 aliphatic heterocycles. The number of rotatable bonds is 3. The van der Waals surface area contributed by atoms with E-state index in [1.165, 1.54) is 35.9 Å². The zero-order valence-corrected chi connectivity index (χ0v) is 15.8. The number of fused-ring (bicyclic) bond motifs is 5. The fourth-order valence-electron chi connectivity index (χ4n) is 5.56. The van der Waals surface area contributed by atoms with Crippen LogP contribution in [0.25, 0.3) is 10.9 Å². The lowest BCUT2D eigenvalue weighted by Crippen LogP contribution is -2.58. The van der Waals surface area contributed by atoms with Gasteiger partial charge in [0.05, 0.1) is 0 Å². The summed E-state index contributed by atoms with van der Waals surface area (Å²) in [5.41, 5.74) is 6.25. The number of nitrogens with one attached hydrogen (secondary N) is 1. The maximum Gasteiger partial charge on any atom is 0.0456 e. The summed E-state index contributed by atoms with van der Waals surface area (Å²) in [6.07, 6.45) is 5.82. The summed E-state index contributed by atoms with van der Waals surface area (Å²) < 4.78 is 0. The van der Waals surface area contributed by atoms with Gasteiger partial charge in [0.25, 0.3) is 0 Å². The van der Waals surface area contributed by atoms with Gasteiger partial charge in [0.1, 0.15) is 0 Å². The molecule has 2 heterocycles. The smallest absolute Gasteiger partial charge is 0.0456 e. The Morgan fingerprint density at radius 1 is 1.12 bits per heavy atom. The Labute approximate surface area is 156 Å². The van der Waals surface area contributed by atoms with Crippen LogP contribution in [-0.2, 0) is 18.3 Å². The van der Waals surface area contributed by atoms with Crippen molar-refractivity contribution in [2.24, 2.45) is 5.92 Å². The van der Waals surface area contributed by atoms with Gasteiger partial charge in [0.2, 0.25) is 0 Å². The van der Waals surface area contributed by atoms with E-state index in [-0.39, 0.29) is 0 Å². The van der Waals surface area contributed by atoms with E-state index in [0.29, 0.717) is 17.4 Å². The fourth-order valence-corrected chi connectivity index (χ4v) is 5.56. The first kappa shape index (κ1) is 16.1. The summed E-state index contributed by atoms with van der Waals surface area (Å²) in [5.74, 6) is 0.717. The van der Waals surface area contributed by atoms with Crippen molar-refractivity contribution in [3.8, 4) is 0 Å². The highest BCUT2D eigenvalue weighted by atomic mass is 15.2. The van der Waals surface area contributed by atoms with Crippen LogP contribution in [0.4, 0.5) is 0 Å².